The summed E-state index contributed by atoms with van der Waals surface area (Å²) in [6.07, 6.45) is 3.22. The highest BCUT2D eigenvalue weighted by Gasteiger charge is 2.31. The van der Waals surface area contributed by atoms with E-state index < -0.39 is 12.1 Å². The Morgan fingerprint density at radius 1 is 1.04 bits per heavy atom. The Bertz CT molecular complexity index is 1260. The molecule has 11 nitrogen and oxygen atoms in total. The first-order valence-corrected chi connectivity index (χ1v) is 16.3. The lowest BCUT2D eigenvalue weighted by Gasteiger charge is -2.36. The molecular formula is C35H53N5O6. The van der Waals surface area contributed by atoms with E-state index in [9.17, 15) is 19.5 Å². The Labute approximate surface area is 274 Å². The predicted molar refractivity (Wildman–Crippen MR) is 181 cm³/mol. The molecule has 4 atom stereocenters. The minimum atomic E-state index is -0.503. The number of likely N-dealkylation sites (N-methyl/N-ethyl adjacent to an activating group) is 1. The van der Waals surface area contributed by atoms with E-state index in [1.54, 1.807) is 54.1 Å². The first-order chi connectivity index (χ1) is 22.0. The fourth-order valence-electron chi connectivity index (χ4n) is 5.39. The molecule has 254 valence electrons. The maximum atomic E-state index is 14.3. The van der Waals surface area contributed by atoms with E-state index in [0.29, 0.717) is 42.3 Å². The summed E-state index contributed by atoms with van der Waals surface area (Å²) in [5, 5.41) is 15.8. The summed E-state index contributed by atoms with van der Waals surface area (Å²) in [5.74, 6) is -0.00187. The molecule has 0 fully saturated rings. The maximum absolute atomic E-state index is 14.3. The second-order valence-electron chi connectivity index (χ2n) is 12.6. The van der Waals surface area contributed by atoms with Crippen molar-refractivity contribution in [2.75, 3.05) is 64.6 Å². The van der Waals surface area contributed by atoms with Crippen LogP contribution in [0.3, 0.4) is 0 Å². The predicted octanol–water partition coefficient (Wildman–Crippen LogP) is 4.93. The Balaban J connectivity index is 1.87. The molecule has 1 aliphatic rings. The van der Waals surface area contributed by atoms with Crippen LogP contribution < -0.4 is 15.4 Å². The van der Waals surface area contributed by atoms with Gasteiger partial charge in [-0.15, -0.1) is 0 Å². The molecule has 46 heavy (non-hydrogen) atoms. The highest BCUT2D eigenvalue weighted by molar-refractivity contribution is 6.02. The van der Waals surface area contributed by atoms with Crippen molar-refractivity contribution in [3.8, 4) is 5.75 Å². The Hall–Kier alpha value is -3.67. The summed E-state index contributed by atoms with van der Waals surface area (Å²) in [4.78, 5) is 45.4. The summed E-state index contributed by atoms with van der Waals surface area (Å²) in [6, 6.07) is 13.2. The molecule has 0 saturated carbocycles. The van der Waals surface area contributed by atoms with E-state index in [0.717, 1.165) is 32.2 Å². The summed E-state index contributed by atoms with van der Waals surface area (Å²) in [5.41, 5.74) is 1.36. The quantitative estimate of drug-likeness (QED) is 0.337. The van der Waals surface area contributed by atoms with Gasteiger partial charge in [0, 0.05) is 50.5 Å². The zero-order valence-corrected chi connectivity index (χ0v) is 28.3. The van der Waals surface area contributed by atoms with E-state index in [-0.39, 0.29) is 43.1 Å². The zero-order valence-electron chi connectivity index (χ0n) is 28.3. The van der Waals surface area contributed by atoms with E-state index in [2.05, 4.69) is 15.5 Å². The number of nitrogens with zero attached hydrogens (tertiary/aromatic N) is 3. The van der Waals surface area contributed by atoms with Crippen LogP contribution in [0.5, 0.6) is 5.75 Å². The fraction of sp³-hybridized carbons (Fsp3) is 0.571. The molecule has 0 unspecified atom stereocenters. The molecule has 1 aliphatic heterocycles. The summed E-state index contributed by atoms with van der Waals surface area (Å²) in [6.45, 7) is 7.59. The third kappa shape index (κ3) is 11.6. The number of para-hydroxylation sites is 1. The molecular weight excluding hydrogens is 586 g/mol. The van der Waals surface area contributed by atoms with Crippen LogP contribution in [0, 0.1) is 5.92 Å². The summed E-state index contributed by atoms with van der Waals surface area (Å²) >= 11 is 0. The molecule has 0 aliphatic carbocycles. The number of carbonyl (C=O) groups is 3. The second kappa shape index (κ2) is 18.5. The molecule has 0 radical (unpaired) electrons. The Morgan fingerprint density at radius 3 is 2.46 bits per heavy atom. The summed E-state index contributed by atoms with van der Waals surface area (Å²) < 4.78 is 12.7. The van der Waals surface area contributed by atoms with Gasteiger partial charge in [0.25, 0.3) is 5.91 Å². The van der Waals surface area contributed by atoms with Gasteiger partial charge in [-0.05, 0) is 90.5 Å². The van der Waals surface area contributed by atoms with Crippen molar-refractivity contribution in [1.82, 2.24) is 14.7 Å². The number of benzene rings is 2. The van der Waals surface area contributed by atoms with Crippen LogP contribution in [0.2, 0.25) is 0 Å². The van der Waals surface area contributed by atoms with Crippen molar-refractivity contribution >= 4 is 29.2 Å². The lowest BCUT2D eigenvalue weighted by atomic mass is 10.0. The van der Waals surface area contributed by atoms with E-state index >= 15 is 0 Å². The first-order valence-electron chi connectivity index (χ1n) is 16.3. The molecule has 0 bridgehead atoms. The van der Waals surface area contributed by atoms with Crippen LogP contribution in [0.25, 0.3) is 0 Å². The minimum absolute atomic E-state index is 0.0601. The number of ether oxygens (including phenoxy) is 2. The number of aliphatic hydroxyl groups is 1. The average Bonchev–Trinajstić information content (AvgIpc) is 3.02. The molecule has 1 heterocycles. The van der Waals surface area contributed by atoms with Crippen molar-refractivity contribution < 1.29 is 29.0 Å². The number of hydrogen-bond donors (Lipinski definition) is 3. The van der Waals surface area contributed by atoms with Crippen LogP contribution in [0.4, 0.5) is 16.2 Å². The smallest absolute Gasteiger partial charge is 0.323 e. The monoisotopic (exact) mass is 639 g/mol. The van der Waals surface area contributed by atoms with Crippen molar-refractivity contribution in [3.05, 3.63) is 54.1 Å². The van der Waals surface area contributed by atoms with Gasteiger partial charge in [-0.2, -0.15) is 0 Å². The van der Waals surface area contributed by atoms with Crippen LogP contribution >= 0.6 is 0 Å². The number of urea groups is 1. The maximum Gasteiger partial charge on any atom is 0.323 e. The van der Waals surface area contributed by atoms with E-state index in [1.807, 2.05) is 46.1 Å². The minimum Gasteiger partial charge on any atom is -0.490 e. The van der Waals surface area contributed by atoms with Crippen LogP contribution in [-0.4, -0.2) is 110 Å². The molecule has 0 saturated heterocycles. The van der Waals surface area contributed by atoms with Gasteiger partial charge in [-0.1, -0.05) is 25.1 Å². The number of aliphatic hydroxyl groups excluding tert-OH is 1. The number of nitrogens with one attached hydrogen (secondary N) is 2. The highest BCUT2D eigenvalue weighted by Crippen LogP contribution is 2.28. The van der Waals surface area contributed by atoms with Crippen LogP contribution in [-0.2, 0) is 9.53 Å². The largest absolute Gasteiger partial charge is 0.490 e. The molecule has 4 amide bonds. The standard InChI is InChI=1S/C35H53N5O6/c1-25-22-40(26(2)24-41)34(43)30-21-29(37-35(44)36-28-14-8-7-9-15-28)17-18-31(30)46-27(3)13-10-11-20-45-32(25)23-39(6)33(42)16-12-19-38(4)5/h7-9,14-15,17-18,21,25-27,32,41H,10-13,16,19-20,22-24H2,1-6H3,(H2,36,37,44)/t25-,26-,27-,32+/m1/s1. The fourth-order valence-corrected chi connectivity index (χ4v) is 5.39. The number of amides is 4. The summed E-state index contributed by atoms with van der Waals surface area (Å²) in [7, 11) is 5.78. The van der Waals surface area contributed by atoms with Gasteiger partial charge in [-0.3, -0.25) is 9.59 Å². The number of rotatable bonds is 10. The topological polar surface area (TPSA) is 124 Å². The molecule has 2 aromatic carbocycles. The van der Waals surface area contributed by atoms with Gasteiger partial charge in [0.2, 0.25) is 5.91 Å². The molecule has 3 rings (SSSR count). The van der Waals surface area contributed by atoms with Crippen molar-refractivity contribution in [1.29, 1.82) is 0 Å². The van der Waals surface area contributed by atoms with Crippen LogP contribution in [0.15, 0.2) is 48.5 Å². The number of fused-ring (bicyclic) bond motifs is 1. The first kappa shape index (κ1) is 36.8. The molecule has 3 N–H and O–H groups in total. The van der Waals surface area contributed by atoms with E-state index in [1.165, 1.54) is 0 Å². The zero-order chi connectivity index (χ0) is 33.6. The van der Waals surface area contributed by atoms with Gasteiger partial charge < -0.3 is 39.9 Å². The van der Waals surface area contributed by atoms with Gasteiger partial charge in [0.1, 0.15) is 5.75 Å². The Morgan fingerprint density at radius 2 is 1.76 bits per heavy atom. The lowest BCUT2D eigenvalue weighted by molar-refractivity contribution is -0.132. The molecule has 11 heteroatoms. The molecule has 2 aromatic rings. The number of carbonyl (C=O) groups excluding carboxylic acids is 3. The Kier molecular flexibility index (Phi) is 14.8. The van der Waals surface area contributed by atoms with Gasteiger partial charge in [-0.25, -0.2) is 4.79 Å². The van der Waals surface area contributed by atoms with Gasteiger partial charge in [0.05, 0.1) is 30.4 Å². The van der Waals surface area contributed by atoms with Crippen LogP contribution in [0.1, 0.15) is 63.2 Å². The average molecular weight is 640 g/mol. The van der Waals surface area contributed by atoms with Crippen molar-refractivity contribution in [3.63, 3.8) is 0 Å². The third-order valence-corrected chi connectivity index (χ3v) is 8.22. The lowest BCUT2D eigenvalue weighted by Crippen LogP contribution is -2.48. The molecule has 0 aromatic heterocycles. The number of hydrogen-bond acceptors (Lipinski definition) is 7. The third-order valence-electron chi connectivity index (χ3n) is 8.22. The highest BCUT2D eigenvalue weighted by atomic mass is 16.5. The normalized spacial score (nSPS) is 20.2. The second-order valence-corrected chi connectivity index (χ2v) is 12.6. The van der Waals surface area contributed by atoms with Gasteiger partial charge >= 0.3 is 6.03 Å². The van der Waals surface area contributed by atoms with Gasteiger partial charge in [0.15, 0.2) is 0 Å². The van der Waals surface area contributed by atoms with E-state index in [4.69, 9.17) is 9.47 Å². The van der Waals surface area contributed by atoms with Crippen molar-refractivity contribution in [2.24, 2.45) is 5.92 Å². The van der Waals surface area contributed by atoms with Crippen molar-refractivity contribution in [2.45, 2.75) is 71.1 Å². The SMILES string of the molecule is C[C@@H]1CCCCO[C@@H](CN(C)C(=O)CCCN(C)C)[C@H](C)CN([C@H](C)CO)C(=O)c2cc(NC(=O)Nc3ccccc3)ccc2O1. The molecule has 0 spiro atoms. The number of anilines is 2.